The Balaban J connectivity index is 2.10. The third-order valence-electron chi connectivity index (χ3n) is 3.11. The summed E-state index contributed by atoms with van der Waals surface area (Å²) in [4.78, 5) is 10.4. The Morgan fingerprint density at radius 2 is 2.24 bits per heavy atom. The largest absolute Gasteiger partial charge is 0.384 e. The van der Waals surface area contributed by atoms with Crippen molar-refractivity contribution in [1.82, 2.24) is 0 Å². The highest BCUT2D eigenvalue weighted by molar-refractivity contribution is 5.59. The van der Waals surface area contributed by atoms with Gasteiger partial charge in [-0.3, -0.25) is 10.1 Å². The average Bonchev–Trinajstić information content (AvgIpc) is 2.25. The Morgan fingerprint density at radius 1 is 1.53 bits per heavy atom. The molecule has 17 heavy (non-hydrogen) atoms. The molecule has 1 aliphatic heterocycles. The second kappa shape index (κ2) is 4.33. The van der Waals surface area contributed by atoms with Crippen LogP contribution in [0.25, 0.3) is 0 Å². The van der Waals surface area contributed by atoms with E-state index in [2.05, 4.69) is 12.2 Å². The molecule has 0 aromatic heterocycles. The standard InChI is InChI=1S/C12H16N2O3/c1-9-10(4-3-5-11(9)14(15)16)13-6-12(2)7-17-8-12/h3-5,13H,6-8H2,1-2H3. The Morgan fingerprint density at radius 3 is 2.76 bits per heavy atom. The highest BCUT2D eigenvalue weighted by Gasteiger charge is 2.33. The van der Waals surface area contributed by atoms with Crippen LogP contribution in [0.1, 0.15) is 12.5 Å². The molecule has 2 rings (SSSR count). The van der Waals surface area contributed by atoms with Crippen molar-refractivity contribution in [2.24, 2.45) is 5.41 Å². The van der Waals surface area contributed by atoms with Gasteiger partial charge in [0.2, 0.25) is 0 Å². The van der Waals surface area contributed by atoms with Gasteiger partial charge in [0, 0.05) is 29.3 Å². The molecule has 1 heterocycles. The zero-order chi connectivity index (χ0) is 12.5. The fourth-order valence-electron chi connectivity index (χ4n) is 1.87. The number of nitro benzene ring substituents is 1. The summed E-state index contributed by atoms with van der Waals surface area (Å²) in [5.41, 5.74) is 1.82. The van der Waals surface area contributed by atoms with E-state index in [0.717, 1.165) is 25.4 Å². The van der Waals surface area contributed by atoms with Crippen molar-refractivity contribution < 1.29 is 9.66 Å². The Bertz CT molecular complexity index is 441. The highest BCUT2D eigenvalue weighted by atomic mass is 16.6. The third-order valence-corrected chi connectivity index (χ3v) is 3.11. The molecular weight excluding hydrogens is 220 g/mol. The maximum atomic E-state index is 10.8. The predicted molar refractivity (Wildman–Crippen MR) is 65.2 cm³/mol. The fraction of sp³-hybridized carbons (Fsp3) is 0.500. The summed E-state index contributed by atoms with van der Waals surface area (Å²) in [5.74, 6) is 0. The zero-order valence-corrected chi connectivity index (χ0v) is 10.0. The number of benzene rings is 1. The smallest absolute Gasteiger partial charge is 0.274 e. The first-order chi connectivity index (χ1) is 8.02. The van der Waals surface area contributed by atoms with Crippen LogP contribution in [-0.2, 0) is 4.74 Å². The summed E-state index contributed by atoms with van der Waals surface area (Å²) in [7, 11) is 0. The normalized spacial score (nSPS) is 17.3. The van der Waals surface area contributed by atoms with Crippen molar-refractivity contribution >= 4 is 11.4 Å². The van der Waals surface area contributed by atoms with Gasteiger partial charge in [-0.15, -0.1) is 0 Å². The lowest BCUT2D eigenvalue weighted by atomic mass is 9.88. The van der Waals surface area contributed by atoms with Crippen molar-refractivity contribution in [3.8, 4) is 0 Å². The number of anilines is 1. The van der Waals surface area contributed by atoms with Gasteiger partial charge in [0.15, 0.2) is 0 Å². The van der Waals surface area contributed by atoms with Gasteiger partial charge < -0.3 is 10.1 Å². The molecule has 1 fully saturated rings. The van der Waals surface area contributed by atoms with Crippen LogP contribution in [0, 0.1) is 22.5 Å². The van der Waals surface area contributed by atoms with Crippen LogP contribution in [0.5, 0.6) is 0 Å². The van der Waals surface area contributed by atoms with Crippen molar-refractivity contribution in [3.63, 3.8) is 0 Å². The minimum atomic E-state index is -0.352. The highest BCUT2D eigenvalue weighted by Crippen LogP contribution is 2.29. The zero-order valence-electron chi connectivity index (χ0n) is 10.0. The first-order valence-electron chi connectivity index (χ1n) is 5.57. The summed E-state index contributed by atoms with van der Waals surface area (Å²) in [5, 5.41) is 14.1. The molecule has 0 saturated carbocycles. The van der Waals surface area contributed by atoms with Crippen LogP contribution >= 0.6 is 0 Å². The maximum absolute atomic E-state index is 10.8. The van der Waals surface area contributed by atoms with Gasteiger partial charge in [-0.2, -0.15) is 0 Å². The van der Waals surface area contributed by atoms with Gasteiger partial charge in [-0.05, 0) is 13.0 Å². The van der Waals surface area contributed by atoms with Crippen LogP contribution in [-0.4, -0.2) is 24.7 Å². The molecule has 1 saturated heterocycles. The Labute approximate surface area is 99.9 Å². The SMILES string of the molecule is Cc1c(NCC2(C)COC2)cccc1[N+](=O)[O-]. The molecule has 0 atom stereocenters. The molecular formula is C12H16N2O3. The van der Waals surface area contributed by atoms with Crippen LogP contribution in [0.2, 0.25) is 0 Å². The van der Waals surface area contributed by atoms with Crippen molar-refractivity contribution in [2.45, 2.75) is 13.8 Å². The summed E-state index contributed by atoms with van der Waals surface area (Å²) < 4.78 is 5.17. The number of hydrogen-bond acceptors (Lipinski definition) is 4. The van der Waals surface area contributed by atoms with Crippen LogP contribution in [0.4, 0.5) is 11.4 Å². The molecule has 92 valence electrons. The van der Waals surface area contributed by atoms with Gasteiger partial charge in [-0.1, -0.05) is 13.0 Å². The first kappa shape index (κ1) is 11.9. The van der Waals surface area contributed by atoms with Gasteiger partial charge in [0.1, 0.15) is 0 Å². The molecule has 0 amide bonds. The number of rotatable bonds is 4. The topological polar surface area (TPSA) is 64.4 Å². The summed E-state index contributed by atoms with van der Waals surface area (Å²) >= 11 is 0. The Kier molecular flexibility index (Phi) is 3.02. The minimum Gasteiger partial charge on any atom is -0.384 e. The molecule has 0 aliphatic carbocycles. The van der Waals surface area contributed by atoms with Gasteiger partial charge in [0.25, 0.3) is 5.69 Å². The second-order valence-corrected chi connectivity index (χ2v) is 4.86. The molecule has 0 bridgehead atoms. The monoisotopic (exact) mass is 236 g/mol. The molecule has 1 aromatic rings. The van der Waals surface area contributed by atoms with E-state index in [1.165, 1.54) is 6.07 Å². The van der Waals surface area contributed by atoms with Crippen LogP contribution in [0.15, 0.2) is 18.2 Å². The van der Waals surface area contributed by atoms with E-state index in [1.54, 1.807) is 13.0 Å². The molecule has 1 aromatic carbocycles. The molecule has 1 aliphatic rings. The summed E-state index contributed by atoms with van der Waals surface area (Å²) in [6, 6.07) is 5.09. The molecule has 5 heteroatoms. The lowest BCUT2D eigenvalue weighted by Gasteiger charge is -2.38. The molecule has 5 nitrogen and oxygen atoms in total. The van der Waals surface area contributed by atoms with E-state index in [9.17, 15) is 10.1 Å². The number of nitrogens with one attached hydrogen (secondary N) is 1. The molecule has 0 radical (unpaired) electrons. The number of nitro groups is 1. The van der Waals surface area contributed by atoms with Crippen molar-refractivity contribution in [1.29, 1.82) is 0 Å². The third kappa shape index (κ3) is 2.39. The van der Waals surface area contributed by atoms with Crippen LogP contribution < -0.4 is 5.32 Å². The summed E-state index contributed by atoms with van der Waals surface area (Å²) in [6.07, 6.45) is 0. The summed E-state index contributed by atoms with van der Waals surface area (Å²) in [6.45, 7) is 6.16. The van der Waals surface area contributed by atoms with Crippen LogP contribution in [0.3, 0.4) is 0 Å². The average molecular weight is 236 g/mol. The van der Waals surface area contributed by atoms with E-state index < -0.39 is 0 Å². The minimum absolute atomic E-state index is 0.150. The molecule has 1 N–H and O–H groups in total. The number of nitrogens with zero attached hydrogens (tertiary/aromatic N) is 1. The Hall–Kier alpha value is -1.62. The van der Waals surface area contributed by atoms with Crippen molar-refractivity contribution in [2.75, 3.05) is 25.1 Å². The lowest BCUT2D eigenvalue weighted by molar-refractivity contribution is -0.385. The van der Waals surface area contributed by atoms with Gasteiger partial charge in [-0.25, -0.2) is 0 Å². The molecule has 0 spiro atoms. The van der Waals surface area contributed by atoms with E-state index in [-0.39, 0.29) is 16.0 Å². The van der Waals surface area contributed by atoms with Gasteiger partial charge in [0.05, 0.1) is 18.1 Å². The maximum Gasteiger partial charge on any atom is 0.274 e. The van der Waals surface area contributed by atoms with Gasteiger partial charge >= 0.3 is 0 Å². The second-order valence-electron chi connectivity index (χ2n) is 4.86. The van der Waals surface area contributed by atoms with Crippen molar-refractivity contribution in [3.05, 3.63) is 33.9 Å². The van der Waals surface area contributed by atoms with E-state index in [4.69, 9.17) is 4.74 Å². The van der Waals surface area contributed by atoms with E-state index in [0.29, 0.717) is 5.56 Å². The number of hydrogen-bond donors (Lipinski definition) is 1. The molecule has 0 unspecified atom stereocenters. The lowest BCUT2D eigenvalue weighted by Crippen LogP contribution is -2.45. The van der Waals surface area contributed by atoms with E-state index >= 15 is 0 Å². The quantitative estimate of drug-likeness (QED) is 0.643. The van der Waals surface area contributed by atoms with E-state index in [1.807, 2.05) is 6.07 Å². The number of ether oxygens (including phenoxy) is 1. The predicted octanol–water partition coefficient (Wildman–Crippen LogP) is 2.35. The fourth-order valence-corrected chi connectivity index (χ4v) is 1.87. The first-order valence-corrected chi connectivity index (χ1v) is 5.57.